The zero-order valence-corrected chi connectivity index (χ0v) is 21.5. The highest BCUT2D eigenvalue weighted by atomic mass is 32.2. The van der Waals surface area contributed by atoms with Gasteiger partial charge in [-0.25, -0.2) is 9.78 Å². The van der Waals surface area contributed by atoms with Crippen molar-refractivity contribution < 1.29 is 14.3 Å². The van der Waals surface area contributed by atoms with Crippen LogP contribution in [0.15, 0.2) is 29.3 Å². The summed E-state index contributed by atoms with van der Waals surface area (Å²) in [5, 5.41) is 22.7. The van der Waals surface area contributed by atoms with E-state index in [2.05, 4.69) is 22.4 Å². The molecule has 3 N–H and O–H groups in total. The third kappa shape index (κ3) is 7.90. The molecule has 0 aliphatic carbocycles. The summed E-state index contributed by atoms with van der Waals surface area (Å²) in [6.45, 7) is 7.53. The second-order valence-electron chi connectivity index (χ2n) is 8.83. The number of hydrogen-bond donors (Lipinski definition) is 2. The quantitative estimate of drug-likeness (QED) is 0.503. The van der Waals surface area contributed by atoms with Crippen molar-refractivity contribution in [3.63, 3.8) is 0 Å². The lowest BCUT2D eigenvalue weighted by molar-refractivity contribution is -0.116. The number of alkyl carbamates (subject to hydrolysis) is 1. The molecule has 0 fully saturated rings. The zero-order chi connectivity index (χ0) is 26.2. The van der Waals surface area contributed by atoms with Gasteiger partial charge < -0.3 is 20.7 Å². The minimum absolute atomic E-state index is 0.0976. The number of likely N-dealkylation sites (N-methyl/N-ethyl adjacent to an activating group) is 1. The zero-order valence-electron chi connectivity index (χ0n) is 20.6. The number of primary amides is 1. The number of benzene rings is 1. The van der Waals surface area contributed by atoms with Crippen molar-refractivity contribution in [2.45, 2.75) is 57.0 Å². The number of nitriles is 2. The van der Waals surface area contributed by atoms with Crippen molar-refractivity contribution in [2.24, 2.45) is 5.73 Å². The molecule has 2 rings (SSSR count). The number of nitrogens with one attached hydrogen (secondary N) is 1. The molecule has 1 heterocycles. The summed E-state index contributed by atoms with van der Waals surface area (Å²) in [7, 11) is 1.64. The number of nitrogens with zero attached hydrogens (tertiary/aromatic N) is 4. The molecule has 184 valence electrons. The van der Waals surface area contributed by atoms with Crippen LogP contribution in [0.4, 0.5) is 10.6 Å². The number of amides is 2. The fourth-order valence-corrected chi connectivity index (χ4v) is 4.23. The Bertz CT molecular complexity index is 1160. The maximum Gasteiger partial charge on any atom is 0.407 e. The van der Waals surface area contributed by atoms with Gasteiger partial charge in [-0.1, -0.05) is 31.2 Å². The number of aromatic nitrogens is 1. The minimum Gasteiger partial charge on any atom is -0.444 e. The van der Waals surface area contributed by atoms with E-state index < -0.39 is 17.6 Å². The van der Waals surface area contributed by atoms with Gasteiger partial charge in [0.25, 0.3) is 0 Å². The van der Waals surface area contributed by atoms with E-state index in [1.54, 1.807) is 7.05 Å². The van der Waals surface area contributed by atoms with Gasteiger partial charge in [0.1, 0.15) is 28.6 Å². The Hall–Kier alpha value is -3.76. The number of thioether (sulfide) groups is 1. The number of nitrogens with two attached hydrogens (primary N) is 1. The van der Waals surface area contributed by atoms with Crippen molar-refractivity contribution in [2.75, 3.05) is 18.5 Å². The summed E-state index contributed by atoms with van der Waals surface area (Å²) in [6.07, 6.45) is -0.00424. The number of rotatable bonds is 9. The largest absolute Gasteiger partial charge is 0.444 e. The number of carbonyl (C=O) groups excluding carboxylic acids is 2. The van der Waals surface area contributed by atoms with E-state index in [4.69, 9.17) is 10.5 Å². The standard InChI is InChI=1S/C25H30N6O3S/c1-6-18-19(11-26)22(31(5)14-21(28)32)30-23(20(18)12-27)35-15-17-9-7-16(8-10-17)13-29-24(33)34-25(2,3)4/h7-10H,6,13-15H2,1-5H3,(H2,28,32)(H,29,33). The monoisotopic (exact) mass is 494 g/mol. The molecule has 0 aliphatic rings. The summed E-state index contributed by atoms with van der Waals surface area (Å²) in [5.74, 6) is 0.319. The van der Waals surface area contributed by atoms with E-state index in [9.17, 15) is 20.1 Å². The minimum atomic E-state index is -0.556. The summed E-state index contributed by atoms with van der Waals surface area (Å²) in [4.78, 5) is 29.3. The molecule has 9 nitrogen and oxygen atoms in total. The Morgan fingerprint density at radius 1 is 1.14 bits per heavy atom. The van der Waals surface area contributed by atoms with Crippen LogP contribution >= 0.6 is 11.8 Å². The van der Waals surface area contributed by atoms with Crippen molar-refractivity contribution in [3.05, 3.63) is 52.1 Å². The first kappa shape index (κ1) is 27.5. The Labute approximate surface area is 210 Å². The van der Waals surface area contributed by atoms with Gasteiger partial charge in [-0.15, -0.1) is 11.8 Å². The summed E-state index contributed by atoms with van der Waals surface area (Å²) < 4.78 is 5.24. The smallest absolute Gasteiger partial charge is 0.407 e. The molecule has 0 atom stereocenters. The van der Waals surface area contributed by atoms with Gasteiger partial charge in [0.2, 0.25) is 5.91 Å². The van der Waals surface area contributed by atoms with E-state index in [0.29, 0.717) is 40.7 Å². The molecule has 2 aromatic rings. The second-order valence-corrected chi connectivity index (χ2v) is 9.79. The highest BCUT2D eigenvalue weighted by molar-refractivity contribution is 7.98. The average Bonchev–Trinajstić information content (AvgIpc) is 2.79. The molecular formula is C25H30N6O3S. The molecule has 1 aromatic carbocycles. The van der Waals surface area contributed by atoms with Crippen LogP contribution in [0.3, 0.4) is 0 Å². The van der Waals surface area contributed by atoms with Gasteiger partial charge >= 0.3 is 6.09 Å². The maximum atomic E-state index is 11.8. The van der Waals surface area contributed by atoms with E-state index >= 15 is 0 Å². The van der Waals surface area contributed by atoms with Crippen LogP contribution < -0.4 is 16.0 Å². The molecule has 10 heteroatoms. The van der Waals surface area contributed by atoms with Crippen molar-refractivity contribution >= 4 is 29.6 Å². The van der Waals surface area contributed by atoms with Crippen molar-refractivity contribution in [3.8, 4) is 12.1 Å². The van der Waals surface area contributed by atoms with Crippen LogP contribution in [0.5, 0.6) is 0 Å². The topological polar surface area (TPSA) is 145 Å². The molecule has 0 bridgehead atoms. The number of carbonyl (C=O) groups is 2. The molecular weight excluding hydrogens is 464 g/mol. The van der Waals surface area contributed by atoms with Crippen LogP contribution in [0.1, 0.15) is 55.5 Å². The second kappa shape index (κ2) is 12.1. The molecule has 0 unspecified atom stereocenters. The first-order valence-electron chi connectivity index (χ1n) is 11.0. The number of pyridine rings is 1. The molecule has 0 saturated carbocycles. The molecule has 0 spiro atoms. The molecule has 35 heavy (non-hydrogen) atoms. The summed E-state index contributed by atoms with van der Waals surface area (Å²) in [6, 6.07) is 12.0. The highest BCUT2D eigenvalue weighted by Crippen LogP contribution is 2.33. The average molecular weight is 495 g/mol. The maximum absolute atomic E-state index is 11.8. The van der Waals surface area contributed by atoms with Crippen LogP contribution in [-0.4, -0.2) is 36.2 Å². The predicted molar refractivity (Wildman–Crippen MR) is 135 cm³/mol. The van der Waals surface area contributed by atoms with Gasteiger partial charge in [-0.2, -0.15) is 10.5 Å². The third-order valence-electron chi connectivity index (χ3n) is 4.81. The lowest BCUT2D eigenvalue weighted by Gasteiger charge is -2.21. The molecule has 1 aromatic heterocycles. The first-order valence-corrected chi connectivity index (χ1v) is 12.0. The van der Waals surface area contributed by atoms with Gasteiger partial charge in [-0.05, 0) is 43.9 Å². The Morgan fingerprint density at radius 3 is 2.26 bits per heavy atom. The van der Waals surface area contributed by atoms with E-state index in [0.717, 1.165) is 11.1 Å². The van der Waals surface area contributed by atoms with Gasteiger partial charge in [-0.3, -0.25) is 4.79 Å². The number of hydrogen-bond acceptors (Lipinski definition) is 8. The van der Waals surface area contributed by atoms with Gasteiger partial charge in [0.15, 0.2) is 0 Å². The summed E-state index contributed by atoms with van der Waals surface area (Å²) >= 11 is 1.38. The summed E-state index contributed by atoms with van der Waals surface area (Å²) in [5.41, 5.74) is 7.92. The normalized spacial score (nSPS) is 10.7. The molecule has 0 aliphatic heterocycles. The van der Waals surface area contributed by atoms with Gasteiger partial charge in [0, 0.05) is 19.3 Å². The van der Waals surface area contributed by atoms with E-state index in [-0.39, 0.29) is 12.1 Å². The van der Waals surface area contributed by atoms with Crippen LogP contribution in [0.2, 0.25) is 0 Å². The predicted octanol–water partition coefficient (Wildman–Crippen LogP) is 3.63. The fourth-order valence-electron chi connectivity index (χ4n) is 3.27. The number of ether oxygens (including phenoxy) is 1. The highest BCUT2D eigenvalue weighted by Gasteiger charge is 2.22. The van der Waals surface area contributed by atoms with Crippen LogP contribution in [-0.2, 0) is 28.2 Å². The Balaban J connectivity index is 2.19. The molecule has 0 radical (unpaired) electrons. The molecule has 0 saturated heterocycles. The number of anilines is 1. The van der Waals surface area contributed by atoms with Crippen LogP contribution in [0.25, 0.3) is 0 Å². The van der Waals surface area contributed by atoms with E-state index in [1.807, 2.05) is 52.0 Å². The SMILES string of the molecule is CCc1c(C#N)c(SCc2ccc(CNC(=O)OC(C)(C)C)cc2)nc(N(C)CC(N)=O)c1C#N. The lowest BCUT2D eigenvalue weighted by atomic mass is 10.0. The van der Waals surface area contributed by atoms with Crippen molar-refractivity contribution in [1.82, 2.24) is 10.3 Å². The fraction of sp³-hybridized carbons (Fsp3) is 0.400. The molecule has 2 amide bonds. The third-order valence-corrected chi connectivity index (χ3v) is 5.86. The lowest BCUT2D eigenvalue weighted by Crippen LogP contribution is -2.32. The van der Waals surface area contributed by atoms with E-state index in [1.165, 1.54) is 16.7 Å². The van der Waals surface area contributed by atoms with Crippen molar-refractivity contribution in [1.29, 1.82) is 10.5 Å². The Kier molecular flexibility index (Phi) is 9.50. The van der Waals surface area contributed by atoms with Gasteiger partial charge in [0.05, 0.1) is 17.7 Å². The Morgan fingerprint density at radius 2 is 1.74 bits per heavy atom. The first-order chi connectivity index (χ1) is 16.5. The van der Waals surface area contributed by atoms with Crippen LogP contribution in [0, 0.1) is 22.7 Å².